The van der Waals surface area contributed by atoms with Gasteiger partial charge in [0.1, 0.15) is 0 Å². The van der Waals surface area contributed by atoms with Crippen molar-refractivity contribution in [2.45, 2.75) is 65.2 Å². The Kier molecular flexibility index (Phi) is 5.82. The molecular formula is C19H30N2O2. The van der Waals surface area contributed by atoms with Crippen LogP contribution >= 0.6 is 0 Å². The van der Waals surface area contributed by atoms with E-state index in [0.29, 0.717) is 0 Å². The second-order valence-corrected chi connectivity index (χ2v) is 7.35. The largest absolute Gasteiger partial charge is 0.371 e. The van der Waals surface area contributed by atoms with Crippen molar-refractivity contribution in [3.8, 4) is 0 Å². The summed E-state index contributed by atoms with van der Waals surface area (Å²) in [5.41, 5.74) is 2.01. The fourth-order valence-corrected chi connectivity index (χ4v) is 2.94. The van der Waals surface area contributed by atoms with E-state index in [4.69, 9.17) is 4.74 Å². The molecule has 23 heavy (non-hydrogen) atoms. The van der Waals surface area contributed by atoms with E-state index in [2.05, 4.69) is 50.0 Å². The van der Waals surface area contributed by atoms with Crippen LogP contribution in [0, 0.1) is 0 Å². The first-order chi connectivity index (χ1) is 10.8. The van der Waals surface area contributed by atoms with Crippen molar-refractivity contribution in [3.63, 3.8) is 0 Å². The minimum Gasteiger partial charge on any atom is -0.371 e. The van der Waals surface area contributed by atoms with Gasteiger partial charge in [-0.1, -0.05) is 19.1 Å². The number of carbonyl (C=O) groups excluding carboxylic acids is 1. The number of anilines is 1. The van der Waals surface area contributed by atoms with Crippen LogP contribution in [0.25, 0.3) is 0 Å². The fraction of sp³-hybridized carbons (Fsp3) is 0.632. The van der Waals surface area contributed by atoms with Crippen LogP contribution in [-0.2, 0) is 16.0 Å². The minimum absolute atomic E-state index is 0.0469. The summed E-state index contributed by atoms with van der Waals surface area (Å²) in [5, 5.41) is 3.01. The Morgan fingerprint density at radius 3 is 2.57 bits per heavy atom. The lowest BCUT2D eigenvalue weighted by atomic mass is 10.1. The molecule has 0 aliphatic carbocycles. The minimum atomic E-state index is -0.144. The fourth-order valence-electron chi connectivity index (χ4n) is 2.94. The summed E-state index contributed by atoms with van der Waals surface area (Å²) < 4.78 is 6.03. The van der Waals surface area contributed by atoms with Gasteiger partial charge in [-0.2, -0.15) is 0 Å². The van der Waals surface area contributed by atoms with Crippen LogP contribution in [0.15, 0.2) is 24.3 Å². The SMILES string of the molecule is CCc1ccc(NC(=O)[C@H](C)N2CC[C@H](OC(C)(C)C)C2)cc1. The highest BCUT2D eigenvalue weighted by Gasteiger charge is 2.32. The molecule has 4 nitrogen and oxygen atoms in total. The lowest BCUT2D eigenvalue weighted by molar-refractivity contribution is -0.120. The van der Waals surface area contributed by atoms with Gasteiger partial charge >= 0.3 is 0 Å². The third kappa shape index (κ3) is 5.33. The lowest BCUT2D eigenvalue weighted by Gasteiger charge is -2.26. The number of aryl methyl sites for hydroxylation is 1. The van der Waals surface area contributed by atoms with Gasteiger partial charge in [0.05, 0.1) is 17.7 Å². The van der Waals surface area contributed by atoms with E-state index in [1.807, 2.05) is 19.1 Å². The topological polar surface area (TPSA) is 41.6 Å². The molecule has 1 aliphatic heterocycles. The summed E-state index contributed by atoms with van der Waals surface area (Å²) in [6.07, 6.45) is 2.21. The summed E-state index contributed by atoms with van der Waals surface area (Å²) in [6, 6.07) is 7.92. The molecule has 1 fully saturated rings. The van der Waals surface area contributed by atoms with Crippen molar-refractivity contribution in [1.82, 2.24) is 4.90 Å². The van der Waals surface area contributed by atoms with Crippen LogP contribution in [-0.4, -0.2) is 41.6 Å². The molecule has 0 spiro atoms. The molecule has 128 valence electrons. The number of hydrogen-bond acceptors (Lipinski definition) is 3. The Morgan fingerprint density at radius 1 is 1.35 bits per heavy atom. The van der Waals surface area contributed by atoms with E-state index >= 15 is 0 Å². The van der Waals surface area contributed by atoms with Crippen molar-refractivity contribution in [2.24, 2.45) is 0 Å². The van der Waals surface area contributed by atoms with Gasteiger partial charge in [0.2, 0.25) is 5.91 Å². The molecule has 1 aliphatic rings. The molecule has 1 saturated heterocycles. The number of hydrogen-bond donors (Lipinski definition) is 1. The molecule has 0 radical (unpaired) electrons. The second kappa shape index (κ2) is 7.45. The molecule has 0 aromatic heterocycles. The third-order valence-electron chi connectivity index (χ3n) is 4.25. The van der Waals surface area contributed by atoms with Crippen molar-refractivity contribution < 1.29 is 9.53 Å². The van der Waals surface area contributed by atoms with E-state index in [9.17, 15) is 4.79 Å². The van der Waals surface area contributed by atoms with E-state index in [1.165, 1.54) is 5.56 Å². The van der Waals surface area contributed by atoms with E-state index in [0.717, 1.165) is 31.6 Å². The van der Waals surface area contributed by atoms with Crippen LogP contribution in [0.4, 0.5) is 5.69 Å². The molecule has 1 amide bonds. The Balaban J connectivity index is 1.87. The summed E-state index contributed by atoms with van der Waals surface area (Å²) >= 11 is 0. The number of amides is 1. The zero-order valence-corrected chi connectivity index (χ0v) is 15.1. The summed E-state index contributed by atoms with van der Waals surface area (Å²) in [5.74, 6) is 0.0469. The van der Waals surface area contributed by atoms with Gasteiger partial charge in [-0.05, 0) is 58.2 Å². The molecular weight excluding hydrogens is 288 g/mol. The molecule has 2 atom stereocenters. The summed E-state index contributed by atoms with van der Waals surface area (Å²) in [4.78, 5) is 14.7. The Bertz CT molecular complexity index is 519. The number of nitrogens with zero attached hydrogens (tertiary/aromatic N) is 1. The normalized spacial score (nSPS) is 20.5. The number of likely N-dealkylation sites (tertiary alicyclic amines) is 1. The Labute approximate surface area is 140 Å². The molecule has 0 saturated carbocycles. The monoisotopic (exact) mass is 318 g/mol. The van der Waals surface area contributed by atoms with Crippen LogP contribution in [0.2, 0.25) is 0 Å². The quantitative estimate of drug-likeness (QED) is 0.904. The average Bonchev–Trinajstić information content (AvgIpc) is 2.93. The van der Waals surface area contributed by atoms with E-state index in [-0.39, 0.29) is 23.7 Å². The smallest absolute Gasteiger partial charge is 0.241 e. The van der Waals surface area contributed by atoms with Crippen molar-refractivity contribution in [2.75, 3.05) is 18.4 Å². The molecule has 4 heteroatoms. The average molecular weight is 318 g/mol. The Morgan fingerprint density at radius 2 is 2.00 bits per heavy atom. The van der Waals surface area contributed by atoms with Crippen LogP contribution < -0.4 is 5.32 Å². The Hall–Kier alpha value is -1.39. The maximum Gasteiger partial charge on any atom is 0.241 e. The summed E-state index contributed by atoms with van der Waals surface area (Å²) in [6.45, 7) is 12.0. The van der Waals surface area contributed by atoms with Gasteiger partial charge < -0.3 is 10.1 Å². The zero-order chi connectivity index (χ0) is 17.0. The van der Waals surface area contributed by atoms with Gasteiger partial charge in [-0.3, -0.25) is 9.69 Å². The lowest BCUT2D eigenvalue weighted by Crippen LogP contribution is -2.41. The molecule has 1 aromatic carbocycles. The third-order valence-corrected chi connectivity index (χ3v) is 4.25. The maximum atomic E-state index is 12.5. The number of rotatable bonds is 5. The maximum absolute atomic E-state index is 12.5. The highest BCUT2D eigenvalue weighted by atomic mass is 16.5. The van der Waals surface area contributed by atoms with Crippen LogP contribution in [0.3, 0.4) is 0 Å². The predicted molar refractivity (Wildman–Crippen MR) is 94.7 cm³/mol. The van der Waals surface area contributed by atoms with E-state index in [1.54, 1.807) is 0 Å². The van der Waals surface area contributed by atoms with Crippen molar-refractivity contribution in [3.05, 3.63) is 29.8 Å². The van der Waals surface area contributed by atoms with Gasteiger partial charge in [-0.15, -0.1) is 0 Å². The molecule has 1 aromatic rings. The first-order valence-electron chi connectivity index (χ1n) is 8.60. The van der Waals surface area contributed by atoms with E-state index < -0.39 is 0 Å². The second-order valence-electron chi connectivity index (χ2n) is 7.35. The van der Waals surface area contributed by atoms with Gasteiger partial charge in [0, 0.05) is 18.8 Å². The van der Waals surface area contributed by atoms with Gasteiger partial charge in [0.25, 0.3) is 0 Å². The number of nitrogens with one attached hydrogen (secondary N) is 1. The molecule has 1 N–H and O–H groups in total. The van der Waals surface area contributed by atoms with Crippen molar-refractivity contribution >= 4 is 11.6 Å². The number of benzene rings is 1. The highest BCUT2D eigenvalue weighted by Crippen LogP contribution is 2.21. The standard InChI is InChI=1S/C19H30N2O2/c1-6-15-7-9-16(10-8-15)20-18(22)14(2)21-12-11-17(13-21)23-19(3,4)5/h7-10,14,17H,6,11-13H2,1-5H3,(H,20,22)/t14-,17-/m0/s1. The molecule has 2 rings (SSSR count). The predicted octanol–water partition coefficient (Wildman–Crippen LogP) is 3.47. The molecule has 0 bridgehead atoms. The molecule has 0 unspecified atom stereocenters. The number of carbonyl (C=O) groups is 1. The van der Waals surface area contributed by atoms with Crippen LogP contribution in [0.1, 0.15) is 46.6 Å². The highest BCUT2D eigenvalue weighted by molar-refractivity contribution is 5.94. The zero-order valence-electron chi connectivity index (χ0n) is 15.1. The van der Waals surface area contributed by atoms with Gasteiger partial charge in [-0.25, -0.2) is 0 Å². The van der Waals surface area contributed by atoms with Gasteiger partial charge in [0.15, 0.2) is 0 Å². The van der Waals surface area contributed by atoms with Crippen molar-refractivity contribution in [1.29, 1.82) is 0 Å². The first-order valence-corrected chi connectivity index (χ1v) is 8.60. The first kappa shape index (κ1) is 18.0. The number of ether oxygens (including phenoxy) is 1. The van der Waals surface area contributed by atoms with Crippen LogP contribution in [0.5, 0.6) is 0 Å². The molecule has 1 heterocycles. The summed E-state index contributed by atoms with van der Waals surface area (Å²) in [7, 11) is 0.